The summed E-state index contributed by atoms with van der Waals surface area (Å²) in [6.07, 6.45) is 4.54. The lowest BCUT2D eigenvalue weighted by Gasteiger charge is -2.20. The van der Waals surface area contributed by atoms with Crippen LogP contribution in [0.15, 0.2) is 0 Å². The van der Waals surface area contributed by atoms with Crippen molar-refractivity contribution in [2.45, 2.75) is 45.1 Å². The third-order valence-electron chi connectivity index (χ3n) is 3.37. The van der Waals surface area contributed by atoms with Crippen LogP contribution in [0.3, 0.4) is 0 Å². The number of aliphatic hydroxyl groups is 1. The van der Waals surface area contributed by atoms with Gasteiger partial charge in [0.2, 0.25) is 0 Å². The summed E-state index contributed by atoms with van der Waals surface area (Å²) in [5, 5.41) is 10.1. The minimum Gasteiger partial charge on any atom is -0.465 e. The van der Waals surface area contributed by atoms with Crippen molar-refractivity contribution in [3.8, 4) is 0 Å². The third kappa shape index (κ3) is 4.28. The Bertz CT molecular complexity index is 229. The zero-order valence-corrected chi connectivity index (χ0v) is 10.9. The molecule has 0 aromatic heterocycles. The fraction of sp³-hybridized carbons (Fsp3) is 0.923. The predicted octanol–water partition coefficient (Wildman–Crippen LogP) is 1.75. The van der Waals surface area contributed by atoms with E-state index in [-0.39, 0.29) is 11.9 Å². The van der Waals surface area contributed by atoms with Crippen molar-refractivity contribution in [1.29, 1.82) is 0 Å². The van der Waals surface area contributed by atoms with Crippen LogP contribution >= 0.6 is 0 Å². The summed E-state index contributed by atoms with van der Waals surface area (Å²) in [6.45, 7) is 3.01. The lowest BCUT2D eigenvalue weighted by atomic mass is 9.88. The lowest BCUT2D eigenvalue weighted by Crippen LogP contribution is -2.32. The molecule has 4 nitrogen and oxygen atoms in total. The Kier molecular flexibility index (Phi) is 6.52. The molecule has 1 saturated heterocycles. The summed E-state index contributed by atoms with van der Waals surface area (Å²) in [5.41, 5.74) is 0. The topological polar surface area (TPSA) is 55.8 Å². The van der Waals surface area contributed by atoms with Crippen LogP contribution in [-0.2, 0) is 14.3 Å². The molecule has 0 amide bonds. The molecule has 1 aliphatic rings. The Hall–Kier alpha value is -0.610. The zero-order chi connectivity index (χ0) is 12.7. The lowest BCUT2D eigenvalue weighted by molar-refractivity contribution is -0.144. The molecule has 0 aromatic carbocycles. The molecule has 1 aliphatic heterocycles. The summed E-state index contributed by atoms with van der Waals surface area (Å²) in [5.74, 6) is -0.653. The summed E-state index contributed by atoms with van der Waals surface area (Å²) in [7, 11) is 1.60. The molecule has 0 spiro atoms. The Morgan fingerprint density at radius 2 is 2.24 bits per heavy atom. The largest absolute Gasteiger partial charge is 0.465 e. The average molecular weight is 244 g/mol. The van der Waals surface area contributed by atoms with Crippen molar-refractivity contribution in [2.24, 2.45) is 11.8 Å². The van der Waals surface area contributed by atoms with E-state index in [1.165, 1.54) is 12.8 Å². The number of carbonyl (C=O) groups excluding carboxylic acids is 1. The quantitative estimate of drug-likeness (QED) is 0.522. The van der Waals surface area contributed by atoms with E-state index in [0.717, 1.165) is 12.8 Å². The number of unbranched alkanes of at least 4 members (excludes halogenated alkanes) is 3. The Morgan fingerprint density at radius 3 is 2.88 bits per heavy atom. The van der Waals surface area contributed by atoms with E-state index >= 15 is 0 Å². The molecule has 0 bridgehead atoms. The Labute approximate surface area is 103 Å². The average Bonchev–Trinajstić information content (AvgIpc) is 2.66. The van der Waals surface area contributed by atoms with Crippen LogP contribution < -0.4 is 0 Å². The maximum Gasteiger partial charge on any atom is 0.312 e. The van der Waals surface area contributed by atoms with E-state index in [4.69, 9.17) is 9.47 Å². The molecule has 1 fully saturated rings. The molecule has 3 unspecified atom stereocenters. The van der Waals surface area contributed by atoms with Crippen molar-refractivity contribution >= 4 is 5.97 Å². The smallest absolute Gasteiger partial charge is 0.312 e. The van der Waals surface area contributed by atoms with Crippen molar-refractivity contribution in [3.63, 3.8) is 0 Å². The molecule has 1 heterocycles. The van der Waals surface area contributed by atoms with Gasteiger partial charge in [-0.15, -0.1) is 0 Å². The van der Waals surface area contributed by atoms with E-state index in [1.807, 2.05) is 0 Å². The summed E-state index contributed by atoms with van der Waals surface area (Å²) in [4.78, 5) is 11.6. The molecule has 0 radical (unpaired) electrons. The van der Waals surface area contributed by atoms with Gasteiger partial charge in [0, 0.05) is 13.0 Å². The molecule has 17 heavy (non-hydrogen) atoms. The van der Waals surface area contributed by atoms with Gasteiger partial charge in [0.1, 0.15) is 0 Å². The first-order chi connectivity index (χ1) is 8.20. The van der Waals surface area contributed by atoms with Crippen LogP contribution in [0.5, 0.6) is 0 Å². The molecule has 100 valence electrons. The minimum absolute atomic E-state index is 0.00803. The van der Waals surface area contributed by atoms with Crippen LogP contribution in [0.25, 0.3) is 0 Å². The van der Waals surface area contributed by atoms with E-state index in [9.17, 15) is 9.90 Å². The van der Waals surface area contributed by atoms with Gasteiger partial charge in [-0.3, -0.25) is 4.79 Å². The molecule has 0 aliphatic carbocycles. The Balaban J connectivity index is 2.36. The molecule has 0 saturated carbocycles. The van der Waals surface area contributed by atoms with Crippen LogP contribution in [0, 0.1) is 11.8 Å². The fourth-order valence-corrected chi connectivity index (χ4v) is 2.38. The number of hydrogen-bond donors (Lipinski definition) is 1. The maximum absolute atomic E-state index is 11.6. The van der Waals surface area contributed by atoms with Crippen LogP contribution in [0.4, 0.5) is 0 Å². The first-order valence-electron chi connectivity index (χ1n) is 6.54. The molecular formula is C13H24O4. The summed E-state index contributed by atoms with van der Waals surface area (Å²) in [6, 6.07) is 0. The summed E-state index contributed by atoms with van der Waals surface area (Å²) >= 11 is 0. The minimum atomic E-state index is -0.581. The number of hydrogen-bond acceptors (Lipinski definition) is 4. The second-order valence-corrected chi connectivity index (χ2v) is 4.79. The van der Waals surface area contributed by atoms with Crippen molar-refractivity contribution < 1.29 is 19.4 Å². The third-order valence-corrected chi connectivity index (χ3v) is 3.37. The van der Waals surface area contributed by atoms with E-state index in [0.29, 0.717) is 19.6 Å². The molecule has 1 N–H and O–H groups in total. The maximum atomic E-state index is 11.6. The number of ether oxygens (including phenoxy) is 2. The van der Waals surface area contributed by atoms with Gasteiger partial charge in [-0.1, -0.05) is 32.6 Å². The van der Waals surface area contributed by atoms with Gasteiger partial charge in [-0.2, -0.15) is 0 Å². The molecule has 1 rings (SSSR count). The molecule has 0 aromatic rings. The number of rotatable bonds is 8. The van der Waals surface area contributed by atoms with E-state index < -0.39 is 12.0 Å². The number of methoxy groups -OCH3 is 1. The highest BCUT2D eigenvalue weighted by molar-refractivity contribution is 5.75. The van der Waals surface area contributed by atoms with Gasteiger partial charge in [-0.05, 0) is 6.42 Å². The van der Waals surface area contributed by atoms with E-state index in [1.54, 1.807) is 7.11 Å². The van der Waals surface area contributed by atoms with Gasteiger partial charge < -0.3 is 14.6 Å². The zero-order valence-electron chi connectivity index (χ0n) is 10.9. The fourth-order valence-electron chi connectivity index (χ4n) is 2.38. The second-order valence-electron chi connectivity index (χ2n) is 4.79. The number of aliphatic hydroxyl groups excluding tert-OH is 1. The monoisotopic (exact) mass is 244 g/mol. The molecule has 4 heteroatoms. The van der Waals surface area contributed by atoms with E-state index in [2.05, 4.69) is 6.92 Å². The standard InChI is InChI=1S/C13H24O4/c1-3-4-5-6-7-11(14)12-10(8-16-2)9-17-13(12)15/h10-12,14H,3-9H2,1-2H3. The normalized spacial score (nSPS) is 25.9. The Morgan fingerprint density at radius 1 is 1.47 bits per heavy atom. The predicted molar refractivity (Wildman–Crippen MR) is 64.6 cm³/mol. The highest BCUT2D eigenvalue weighted by Gasteiger charge is 2.41. The van der Waals surface area contributed by atoms with Crippen molar-refractivity contribution in [2.75, 3.05) is 20.3 Å². The van der Waals surface area contributed by atoms with Gasteiger partial charge >= 0.3 is 5.97 Å². The second kappa shape index (κ2) is 7.67. The highest BCUT2D eigenvalue weighted by Crippen LogP contribution is 2.28. The molecular weight excluding hydrogens is 220 g/mol. The van der Waals surface area contributed by atoms with Gasteiger partial charge in [0.25, 0.3) is 0 Å². The van der Waals surface area contributed by atoms with Crippen molar-refractivity contribution in [1.82, 2.24) is 0 Å². The van der Waals surface area contributed by atoms with Crippen LogP contribution in [0.1, 0.15) is 39.0 Å². The number of esters is 1. The van der Waals surface area contributed by atoms with Crippen LogP contribution in [0.2, 0.25) is 0 Å². The van der Waals surface area contributed by atoms with Crippen LogP contribution in [-0.4, -0.2) is 37.5 Å². The first kappa shape index (κ1) is 14.5. The van der Waals surface area contributed by atoms with Gasteiger partial charge in [-0.25, -0.2) is 0 Å². The highest BCUT2D eigenvalue weighted by atomic mass is 16.5. The van der Waals surface area contributed by atoms with Gasteiger partial charge in [0.15, 0.2) is 0 Å². The molecule has 3 atom stereocenters. The van der Waals surface area contributed by atoms with Gasteiger partial charge in [0.05, 0.1) is 25.2 Å². The summed E-state index contributed by atoms with van der Waals surface area (Å²) < 4.78 is 10.1. The number of carbonyl (C=O) groups is 1. The first-order valence-corrected chi connectivity index (χ1v) is 6.54. The van der Waals surface area contributed by atoms with Crippen molar-refractivity contribution in [3.05, 3.63) is 0 Å². The number of cyclic esters (lactones) is 1. The SMILES string of the molecule is CCCCCCC(O)C1C(=O)OCC1COC.